The Morgan fingerprint density at radius 1 is 1.40 bits per heavy atom. The van der Waals surface area contributed by atoms with E-state index in [-0.39, 0.29) is 18.2 Å². The summed E-state index contributed by atoms with van der Waals surface area (Å²) in [5, 5.41) is 2.65. The number of carbonyl (C=O) groups is 2. The fourth-order valence-electron chi connectivity index (χ4n) is 1.78. The van der Waals surface area contributed by atoms with Crippen LogP contribution in [0.5, 0.6) is 0 Å². The molecule has 0 unspecified atom stereocenters. The molecule has 0 spiro atoms. The van der Waals surface area contributed by atoms with E-state index < -0.39 is 5.97 Å². The predicted octanol–water partition coefficient (Wildman–Crippen LogP) is 2.15. The number of hydrogen-bond acceptors (Lipinski definition) is 4. The minimum atomic E-state index is -0.470. The lowest BCUT2D eigenvalue weighted by molar-refractivity contribution is 0.0527. The van der Waals surface area contributed by atoms with Crippen LogP contribution in [-0.4, -0.2) is 28.5 Å². The lowest BCUT2D eigenvalue weighted by Gasteiger charge is -2.06. The van der Waals surface area contributed by atoms with Crippen molar-refractivity contribution in [2.75, 3.05) is 11.9 Å². The van der Waals surface area contributed by atoms with Gasteiger partial charge in [-0.15, -0.1) is 0 Å². The zero-order chi connectivity index (χ0) is 14.5. The van der Waals surface area contributed by atoms with Gasteiger partial charge in [0, 0.05) is 18.1 Å². The average Bonchev–Trinajstić information content (AvgIpc) is 2.81. The van der Waals surface area contributed by atoms with Crippen molar-refractivity contribution in [3.8, 4) is 0 Å². The number of anilines is 1. The van der Waals surface area contributed by atoms with Crippen molar-refractivity contribution in [1.82, 2.24) is 9.97 Å². The largest absolute Gasteiger partial charge is 0.462 e. The maximum absolute atomic E-state index is 12.0. The maximum atomic E-state index is 12.0. The standard InChI is InChI=1S/C14H15N3O3/c1-3-20-14(19)12-9(2)16-8-11(12)17-13(18)10-6-4-5-7-15-10/h4-8,16H,3H2,1-2H3,(H,17,18). The van der Waals surface area contributed by atoms with E-state index >= 15 is 0 Å². The lowest BCUT2D eigenvalue weighted by atomic mass is 10.2. The monoisotopic (exact) mass is 273 g/mol. The highest BCUT2D eigenvalue weighted by Crippen LogP contribution is 2.20. The summed E-state index contributed by atoms with van der Waals surface area (Å²) >= 11 is 0. The number of aryl methyl sites for hydroxylation is 1. The van der Waals surface area contributed by atoms with Gasteiger partial charge in [0.1, 0.15) is 11.3 Å². The van der Waals surface area contributed by atoms with Crippen molar-refractivity contribution in [2.45, 2.75) is 13.8 Å². The van der Waals surface area contributed by atoms with Crippen LogP contribution in [0.15, 0.2) is 30.6 Å². The number of rotatable bonds is 4. The number of esters is 1. The second-order valence-corrected chi connectivity index (χ2v) is 4.09. The molecular weight excluding hydrogens is 258 g/mol. The number of nitrogens with zero attached hydrogens (tertiary/aromatic N) is 1. The molecule has 2 rings (SSSR count). The van der Waals surface area contributed by atoms with Gasteiger partial charge in [0.25, 0.3) is 5.91 Å². The maximum Gasteiger partial charge on any atom is 0.342 e. The summed E-state index contributed by atoms with van der Waals surface area (Å²) in [6.45, 7) is 3.74. The number of hydrogen-bond donors (Lipinski definition) is 2. The van der Waals surface area contributed by atoms with Crippen molar-refractivity contribution < 1.29 is 14.3 Å². The third-order valence-electron chi connectivity index (χ3n) is 2.70. The minimum Gasteiger partial charge on any atom is -0.462 e. The zero-order valence-electron chi connectivity index (χ0n) is 11.3. The summed E-state index contributed by atoms with van der Waals surface area (Å²) in [7, 11) is 0. The first kappa shape index (κ1) is 13.8. The van der Waals surface area contributed by atoms with Gasteiger partial charge < -0.3 is 15.0 Å². The average molecular weight is 273 g/mol. The molecule has 104 valence electrons. The van der Waals surface area contributed by atoms with Crippen LogP contribution in [-0.2, 0) is 4.74 Å². The molecule has 0 radical (unpaired) electrons. The molecule has 0 fully saturated rings. The highest BCUT2D eigenvalue weighted by atomic mass is 16.5. The first-order valence-corrected chi connectivity index (χ1v) is 6.21. The van der Waals surface area contributed by atoms with Crippen LogP contribution in [0.1, 0.15) is 33.5 Å². The number of H-pyrrole nitrogens is 1. The van der Waals surface area contributed by atoms with Crippen molar-refractivity contribution in [1.29, 1.82) is 0 Å². The SMILES string of the molecule is CCOC(=O)c1c(NC(=O)c2ccccn2)c[nH]c1C. The predicted molar refractivity (Wildman–Crippen MR) is 73.7 cm³/mol. The normalized spacial score (nSPS) is 10.1. The van der Waals surface area contributed by atoms with Gasteiger partial charge in [-0.2, -0.15) is 0 Å². The Hall–Kier alpha value is -2.63. The van der Waals surface area contributed by atoms with Crippen LogP contribution in [0, 0.1) is 6.92 Å². The van der Waals surface area contributed by atoms with Gasteiger partial charge in [-0.25, -0.2) is 4.79 Å². The summed E-state index contributed by atoms with van der Waals surface area (Å²) in [5.74, 6) is -0.849. The third-order valence-corrected chi connectivity index (χ3v) is 2.70. The van der Waals surface area contributed by atoms with Crippen LogP contribution < -0.4 is 5.32 Å². The fourth-order valence-corrected chi connectivity index (χ4v) is 1.78. The minimum absolute atomic E-state index is 0.275. The van der Waals surface area contributed by atoms with Crippen LogP contribution in [0.25, 0.3) is 0 Å². The molecule has 2 N–H and O–H groups in total. The van der Waals surface area contributed by atoms with Gasteiger partial charge >= 0.3 is 5.97 Å². The molecule has 0 aromatic carbocycles. The summed E-state index contributed by atoms with van der Waals surface area (Å²) in [5.41, 5.74) is 1.63. The van der Waals surface area contributed by atoms with Gasteiger partial charge in [0.2, 0.25) is 0 Å². The Balaban J connectivity index is 2.22. The van der Waals surface area contributed by atoms with Gasteiger partial charge in [-0.05, 0) is 26.0 Å². The first-order chi connectivity index (χ1) is 9.63. The van der Waals surface area contributed by atoms with Gasteiger partial charge in [0.05, 0.1) is 12.3 Å². The van der Waals surface area contributed by atoms with Crippen LogP contribution >= 0.6 is 0 Å². The Bertz CT molecular complexity index is 620. The summed E-state index contributed by atoms with van der Waals surface area (Å²) in [4.78, 5) is 30.7. The van der Waals surface area contributed by atoms with E-state index in [2.05, 4.69) is 15.3 Å². The Morgan fingerprint density at radius 3 is 2.85 bits per heavy atom. The quantitative estimate of drug-likeness (QED) is 0.836. The topological polar surface area (TPSA) is 84.1 Å². The number of carbonyl (C=O) groups excluding carboxylic acids is 2. The van der Waals surface area contributed by atoms with E-state index in [4.69, 9.17) is 4.74 Å². The highest BCUT2D eigenvalue weighted by molar-refractivity contribution is 6.07. The van der Waals surface area contributed by atoms with E-state index in [1.807, 2.05) is 0 Å². The van der Waals surface area contributed by atoms with E-state index in [9.17, 15) is 9.59 Å². The highest BCUT2D eigenvalue weighted by Gasteiger charge is 2.19. The number of pyridine rings is 1. The van der Waals surface area contributed by atoms with E-state index in [1.54, 1.807) is 38.2 Å². The second-order valence-electron chi connectivity index (χ2n) is 4.09. The molecule has 6 nitrogen and oxygen atoms in total. The molecule has 6 heteroatoms. The number of nitrogens with one attached hydrogen (secondary N) is 2. The van der Waals surface area contributed by atoms with E-state index in [1.165, 1.54) is 6.20 Å². The molecule has 20 heavy (non-hydrogen) atoms. The Kier molecular flexibility index (Phi) is 4.14. The molecule has 0 aliphatic rings. The molecule has 0 aliphatic carbocycles. The molecule has 0 aliphatic heterocycles. The second kappa shape index (κ2) is 6.01. The van der Waals surface area contributed by atoms with E-state index in [0.29, 0.717) is 16.9 Å². The van der Waals surface area contributed by atoms with E-state index in [0.717, 1.165) is 0 Å². The first-order valence-electron chi connectivity index (χ1n) is 6.21. The number of aromatic nitrogens is 2. The van der Waals surface area contributed by atoms with Crippen molar-refractivity contribution >= 4 is 17.6 Å². The molecule has 2 heterocycles. The van der Waals surface area contributed by atoms with Crippen LogP contribution in [0.4, 0.5) is 5.69 Å². The van der Waals surface area contributed by atoms with Crippen molar-refractivity contribution in [3.05, 3.63) is 47.5 Å². The summed E-state index contributed by atoms with van der Waals surface area (Å²) < 4.78 is 4.97. The van der Waals surface area contributed by atoms with Gasteiger partial charge in [-0.1, -0.05) is 6.07 Å². The molecule has 0 atom stereocenters. The van der Waals surface area contributed by atoms with Crippen LogP contribution in [0.2, 0.25) is 0 Å². The molecule has 0 saturated carbocycles. The molecule has 0 bridgehead atoms. The summed E-state index contributed by atoms with van der Waals surface area (Å²) in [6.07, 6.45) is 3.09. The number of amides is 1. The number of ether oxygens (including phenoxy) is 1. The smallest absolute Gasteiger partial charge is 0.342 e. The fraction of sp³-hybridized carbons (Fsp3) is 0.214. The lowest BCUT2D eigenvalue weighted by Crippen LogP contribution is -2.16. The molecular formula is C14H15N3O3. The third kappa shape index (κ3) is 2.85. The molecule has 1 amide bonds. The molecule has 2 aromatic heterocycles. The molecule has 2 aromatic rings. The Labute approximate surface area is 116 Å². The number of aromatic amines is 1. The molecule has 0 saturated heterocycles. The van der Waals surface area contributed by atoms with Crippen molar-refractivity contribution in [2.24, 2.45) is 0 Å². The van der Waals surface area contributed by atoms with Crippen LogP contribution in [0.3, 0.4) is 0 Å². The van der Waals surface area contributed by atoms with Crippen molar-refractivity contribution in [3.63, 3.8) is 0 Å². The Morgan fingerprint density at radius 2 is 2.20 bits per heavy atom. The zero-order valence-corrected chi connectivity index (χ0v) is 11.3. The summed E-state index contributed by atoms with van der Waals surface area (Å²) in [6, 6.07) is 5.04. The van der Waals surface area contributed by atoms with Gasteiger partial charge in [-0.3, -0.25) is 9.78 Å². The van der Waals surface area contributed by atoms with Gasteiger partial charge in [0.15, 0.2) is 0 Å².